The maximum absolute atomic E-state index is 11.4. The topological polar surface area (TPSA) is 195 Å². The van der Waals surface area contributed by atoms with Gasteiger partial charge in [-0.1, -0.05) is 97.0 Å². The molecule has 0 aliphatic rings. The van der Waals surface area contributed by atoms with Gasteiger partial charge < -0.3 is 33.4 Å². The van der Waals surface area contributed by atoms with Crippen LogP contribution in [-0.4, -0.2) is 33.4 Å². The maximum Gasteiger partial charge on any atom is 0.189 e. The third-order valence-electron chi connectivity index (χ3n) is 4.59. The van der Waals surface area contributed by atoms with Crippen LogP contribution in [-0.2, 0) is 26.5 Å². The van der Waals surface area contributed by atoms with Crippen molar-refractivity contribution in [2.24, 2.45) is 11.5 Å². The van der Waals surface area contributed by atoms with Gasteiger partial charge in [-0.3, -0.25) is 4.79 Å². The second kappa shape index (κ2) is 29.1. The van der Waals surface area contributed by atoms with E-state index < -0.39 is 5.66 Å². The van der Waals surface area contributed by atoms with Crippen molar-refractivity contribution >= 4 is 5.78 Å². The molecule has 0 unspecified atom stereocenters. The summed E-state index contributed by atoms with van der Waals surface area (Å²) >= 11 is 0. The smallest absolute Gasteiger partial charge is 0.189 e. The van der Waals surface area contributed by atoms with Crippen LogP contribution in [0.15, 0.2) is 12.7 Å². The fraction of sp³-hybridized carbons (Fsp3) is 0.850. The molecule has 7 nitrogen and oxygen atoms in total. The van der Waals surface area contributed by atoms with Crippen LogP contribution in [0.3, 0.4) is 0 Å². The summed E-state index contributed by atoms with van der Waals surface area (Å²) in [6, 6.07) is 0. The van der Waals surface area contributed by atoms with Gasteiger partial charge in [-0.05, 0) is 18.9 Å². The van der Waals surface area contributed by atoms with Gasteiger partial charge in [-0.25, -0.2) is 0 Å². The Morgan fingerprint density at radius 2 is 1.00 bits per heavy atom. The first-order valence-corrected chi connectivity index (χ1v) is 9.79. The Labute approximate surface area is 187 Å². The molecule has 28 heavy (non-hydrogen) atoms. The molecule has 0 saturated carbocycles. The van der Waals surface area contributed by atoms with Gasteiger partial charge in [0.2, 0.25) is 0 Å². The van der Waals surface area contributed by atoms with Crippen molar-refractivity contribution in [2.45, 2.75) is 109 Å². The van der Waals surface area contributed by atoms with E-state index in [9.17, 15) is 4.79 Å². The first-order valence-electron chi connectivity index (χ1n) is 9.79. The van der Waals surface area contributed by atoms with Gasteiger partial charge in [0, 0.05) is 21.7 Å². The number of hydrogen-bond acceptors (Lipinski definition) is 3. The summed E-state index contributed by atoms with van der Waals surface area (Å²) in [5.74, 6) is -0.257. The average Bonchev–Trinajstić information content (AvgIpc) is 2.54. The number of carbonyl (C=O) groups excluding carboxylic acids is 1. The zero-order valence-electron chi connectivity index (χ0n) is 18.0. The van der Waals surface area contributed by atoms with Gasteiger partial charge in [-0.15, -0.1) is 0 Å². The van der Waals surface area contributed by atoms with Crippen LogP contribution in [0.25, 0.3) is 0 Å². The van der Waals surface area contributed by atoms with Crippen LogP contribution in [0.2, 0.25) is 0 Å². The van der Waals surface area contributed by atoms with E-state index in [1.165, 1.54) is 83.1 Å². The minimum absolute atomic E-state index is 0. The summed E-state index contributed by atoms with van der Waals surface area (Å²) in [5, 5.41) is 0. The van der Waals surface area contributed by atoms with E-state index in [0.29, 0.717) is 6.42 Å². The fourth-order valence-electron chi connectivity index (χ4n) is 2.93. The van der Waals surface area contributed by atoms with Crippen LogP contribution in [0.5, 0.6) is 0 Å². The molecule has 0 aromatic rings. The molecule has 12 N–H and O–H groups in total. The molecule has 0 saturated heterocycles. The molecule has 0 atom stereocenters. The Morgan fingerprint density at radius 3 is 1.29 bits per heavy atom. The van der Waals surface area contributed by atoms with E-state index in [1.54, 1.807) is 0 Å². The largest absolute Gasteiger partial charge is 0.412 e. The zero-order chi connectivity index (χ0) is 17.4. The second-order valence-electron chi connectivity index (χ2n) is 6.95. The number of rotatable bonds is 17. The first-order chi connectivity index (χ1) is 11.0. The third-order valence-corrected chi connectivity index (χ3v) is 4.59. The van der Waals surface area contributed by atoms with Gasteiger partial charge >= 0.3 is 0 Å². The molecule has 0 aliphatic heterocycles. The van der Waals surface area contributed by atoms with Crippen molar-refractivity contribution in [1.29, 1.82) is 0 Å². The Kier molecular flexibility index (Phi) is 43.7. The van der Waals surface area contributed by atoms with Crippen molar-refractivity contribution in [3.63, 3.8) is 0 Å². The van der Waals surface area contributed by atoms with Crippen LogP contribution < -0.4 is 11.5 Å². The van der Waals surface area contributed by atoms with Crippen LogP contribution in [0, 0.1) is 0 Å². The summed E-state index contributed by atoms with van der Waals surface area (Å²) in [5.41, 5.74) is 10.3. The van der Waals surface area contributed by atoms with Crippen LogP contribution in [0.1, 0.15) is 103 Å². The summed E-state index contributed by atoms with van der Waals surface area (Å²) in [7, 11) is 0. The van der Waals surface area contributed by atoms with Gasteiger partial charge in [-0.2, -0.15) is 0 Å². The molecule has 0 amide bonds. The van der Waals surface area contributed by atoms with Crippen molar-refractivity contribution in [1.82, 2.24) is 0 Å². The van der Waals surface area contributed by atoms with E-state index in [-0.39, 0.29) is 49.4 Å². The molecule has 0 fully saturated rings. The van der Waals surface area contributed by atoms with Gasteiger partial charge in [0.15, 0.2) is 5.78 Å². The summed E-state index contributed by atoms with van der Waals surface area (Å²) < 4.78 is 0. The predicted molar refractivity (Wildman–Crippen MR) is 116 cm³/mol. The van der Waals surface area contributed by atoms with Crippen molar-refractivity contribution in [3.8, 4) is 0 Å². The Hall–Kier alpha value is -0.116. The molecule has 0 rings (SSSR count). The second-order valence-corrected chi connectivity index (χ2v) is 6.95. The number of ketones is 1. The normalized spacial score (nSPS) is 9.54. The Balaban J connectivity index is -0.000000242. The minimum atomic E-state index is -1.21. The molecule has 0 aromatic heterocycles. The molecule has 0 aliphatic carbocycles. The Bertz CT molecular complexity index is 319. The molecule has 0 aromatic carbocycles. The van der Waals surface area contributed by atoms with Gasteiger partial charge in [0.1, 0.15) is 5.66 Å². The van der Waals surface area contributed by atoms with E-state index in [1.807, 2.05) is 0 Å². The molecule has 8 heteroatoms. The van der Waals surface area contributed by atoms with Crippen molar-refractivity contribution in [3.05, 3.63) is 12.7 Å². The van der Waals surface area contributed by atoms with Crippen LogP contribution in [0.4, 0.5) is 0 Å². The third kappa shape index (κ3) is 25.9. The molecule has 0 radical (unpaired) electrons. The van der Waals surface area contributed by atoms with Crippen molar-refractivity contribution in [2.75, 3.05) is 0 Å². The summed E-state index contributed by atoms with van der Waals surface area (Å²) in [6.07, 6.45) is 20.2. The monoisotopic (exact) mass is 444 g/mol. The summed E-state index contributed by atoms with van der Waals surface area (Å²) in [6.45, 7) is 5.70. The molecule has 0 spiro atoms. The quantitative estimate of drug-likeness (QED) is 0.150. The number of hydrogen-bond donors (Lipinski definition) is 2. The average molecular weight is 444 g/mol. The number of carbonyl (C=O) groups is 1. The number of nitrogens with two attached hydrogens (primary N) is 2. The maximum atomic E-state index is 11.4. The van der Waals surface area contributed by atoms with Gasteiger partial charge in [0.25, 0.3) is 0 Å². The molecule has 0 bridgehead atoms. The van der Waals surface area contributed by atoms with E-state index in [0.717, 1.165) is 12.8 Å². The molecule has 0 heterocycles. The number of unbranched alkanes of at least 4 members (excludes halogenated alkanes) is 13. The molecular weight excluding hydrogens is 396 g/mol. The first kappa shape index (κ1) is 42.1. The SMILES string of the molecule is C=CC(=O)C(N)(N)CCCCCCCCCCCCCCCC.O.O.O.O.[Ti]. The van der Waals surface area contributed by atoms with Crippen molar-refractivity contribution < 1.29 is 48.4 Å². The van der Waals surface area contributed by atoms with E-state index >= 15 is 0 Å². The van der Waals surface area contributed by atoms with E-state index in [4.69, 9.17) is 11.5 Å². The van der Waals surface area contributed by atoms with Gasteiger partial charge in [0.05, 0.1) is 0 Å². The van der Waals surface area contributed by atoms with E-state index in [2.05, 4.69) is 13.5 Å². The Morgan fingerprint density at radius 1 is 0.714 bits per heavy atom. The summed E-state index contributed by atoms with van der Waals surface area (Å²) in [4.78, 5) is 11.4. The molecule has 172 valence electrons. The predicted octanol–water partition coefficient (Wildman–Crippen LogP) is 1.93. The minimum Gasteiger partial charge on any atom is -0.412 e. The fourth-order valence-corrected chi connectivity index (χ4v) is 2.93. The zero-order valence-corrected chi connectivity index (χ0v) is 19.5. The molecular formula is C20H48N2O5Ti. The standard InChI is InChI=1S/C20H40N2O.4H2O.Ti/c1-3-5-6-7-8-9-10-11-12-13-14-15-16-17-18-20(21,22)19(23)4-2;;;;;/h4H,2-3,5-18,21-22H2,1H3;4*1H2;. The van der Waals surface area contributed by atoms with Crippen LogP contribution >= 0.6 is 0 Å².